The van der Waals surface area contributed by atoms with Crippen LogP contribution in [0.5, 0.6) is 0 Å². The Morgan fingerprint density at radius 1 is 1.53 bits per heavy atom. The molecule has 0 fully saturated rings. The fourth-order valence-corrected chi connectivity index (χ4v) is 1.74. The highest BCUT2D eigenvalue weighted by Gasteiger charge is 2.12. The molecule has 4 nitrogen and oxygen atoms in total. The zero-order valence-electron chi connectivity index (χ0n) is 9.49. The molecule has 1 aromatic rings. The molecule has 1 rings (SSSR count). The van der Waals surface area contributed by atoms with E-state index in [9.17, 15) is 0 Å². The van der Waals surface area contributed by atoms with Gasteiger partial charge >= 0.3 is 0 Å². The van der Waals surface area contributed by atoms with Crippen molar-refractivity contribution in [3.05, 3.63) is 16.5 Å². The van der Waals surface area contributed by atoms with Gasteiger partial charge in [0.05, 0.1) is 12.6 Å². The van der Waals surface area contributed by atoms with Crippen molar-refractivity contribution in [2.75, 3.05) is 25.7 Å². The van der Waals surface area contributed by atoms with Gasteiger partial charge in [0.1, 0.15) is 16.2 Å². The molecule has 5 heteroatoms. The number of aromatic nitrogens is 2. The van der Waals surface area contributed by atoms with Gasteiger partial charge in [-0.2, -0.15) is 0 Å². The summed E-state index contributed by atoms with van der Waals surface area (Å²) in [6.07, 6.45) is 0. The van der Waals surface area contributed by atoms with E-state index in [4.69, 9.17) is 4.74 Å². The van der Waals surface area contributed by atoms with Crippen molar-refractivity contribution in [3.8, 4) is 0 Å². The number of hydrogen-bond acceptors (Lipinski definition) is 4. The maximum absolute atomic E-state index is 5.11. The molecule has 0 aliphatic carbocycles. The monoisotopic (exact) mass is 273 g/mol. The van der Waals surface area contributed by atoms with Crippen LogP contribution in [0.15, 0.2) is 10.7 Å². The van der Waals surface area contributed by atoms with Crippen LogP contribution in [-0.2, 0) is 4.74 Å². The molecule has 0 spiro atoms. The molecule has 0 N–H and O–H groups in total. The summed E-state index contributed by atoms with van der Waals surface area (Å²) in [7, 11) is 3.70. The first-order chi connectivity index (χ1) is 7.04. The number of likely N-dealkylation sites (N-methyl/N-ethyl adjacent to an activating group) is 1. The molecule has 1 heterocycles. The summed E-state index contributed by atoms with van der Waals surface area (Å²) in [5.41, 5.74) is 0. The number of halogens is 1. The highest BCUT2D eigenvalue weighted by atomic mass is 79.9. The maximum Gasteiger partial charge on any atom is 0.133 e. The van der Waals surface area contributed by atoms with Crippen LogP contribution in [0.25, 0.3) is 0 Å². The fourth-order valence-electron chi connectivity index (χ4n) is 1.28. The van der Waals surface area contributed by atoms with Crippen LogP contribution >= 0.6 is 15.9 Å². The second-order valence-electron chi connectivity index (χ2n) is 3.51. The molecule has 1 aromatic heterocycles. The van der Waals surface area contributed by atoms with Crippen molar-refractivity contribution in [2.24, 2.45) is 0 Å². The molecule has 0 saturated heterocycles. The van der Waals surface area contributed by atoms with E-state index in [-0.39, 0.29) is 6.04 Å². The molecular weight excluding hydrogens is 258 g/mol. The number of nitrogens with zero attached hydrogens (tertiary/aromatic N) is 3. The van der Waals surface area contributed by atoms with Gasteiger partial charge in [0.15, 0.2) is 0 Å². The minimum Gasteiger partial charge on any atom is -0.383 e. The Labute approximate surface area is 98.8 Å². The number of ether oxygens (including phenoxy) is 1. The van der Waals surface area contributed by atoms with E-state index in [1.165, 1.54) is 0 Å². The van der Waals surface area contributed by atoms with Crippen LogP contribution in [0.4, 0.5) is 5.82 Å². The molecule has 0 bridgehead atoms. The van der Waals surface area contributed by atoms with E-state index in [1.807, 2.05) is 20.0 Å². The molecule has 1 atom stereocenters. The van der Waals surface area contributed by atoms with Crippen molar-refractivity contribution in [2.45, 2.75) is 19.9 Å². The minimum atomic E-state index is 0.288. The highest BCUT2D eigenvalue weighted by Crippen LogP contribution is 2.17. The predicted octanol–water partition coefficient (Wildman–Crippen LogP) is 2.02. The van der Waals surface area contributed by atoms with E-state index in [0.717, 1.165) is 16.2 Å². The van der Waals surface area contributed by atoms with E-state index >= 15 is 0 Å². The molecule has 0 radical (unpaired) electrons. The first-order valence-corrected chi connectivity index (χ1v) is 5.57. The number of anilines is 1. The van der Waals surface area contributed by atoms with Gasteiger partial charge in [-0.25, -0.2) is 9.97 Å². The van der Waals surface area contributed by atoms with Crippen LogP contribution in [0.2, 0.25) is 0 Å². The van der Waals surface area contributed by atoms with Crippen LogP contribution in [0.1, 0.15) is 12.7 Å². The zero-order chi connectivity index (χ0) is 11.4. The van der Waals surface area contributed by atoms with Crippen LogP contribution in [-0.4, -0.2) is 36.8 Å². The first-order valence-electron chi connectivity index (χ1n) is 4.77. The summed E-state index contributed by atoms with van der Waals surface area (Å²) in [6.45, 7) is 4.65. The van der Waals surface area contributed by atoms with E-state index in [1.54, 1.807) is 7.11 Å². The summed E-state index contributed by atoms with van der Waals surface area (Å²) in [4.78, 5) is 10.6. The lowest BCUT2D eigenvalue weighted by molar-refractivity contribution is 0.183. The van der Waals surface area contributed by atoms with Gasteiger partial charge in [-0.05, 0) is 29.8 Å². The third-order valence-corrected chi connectivity index (χ3v) is 2.63. The Kier molecular flexibility index (Phi) is 4.47. The molecular formula is C10H16BrN3O. The third-order valence-electron chi connectivity index (χ3n) is 2.22. The maximum atomic E-state index is 5.11. The lowest BCUT2D eigenvalue weighted by Gasteiger charge is -2.25. The van der Waals surface area contributed by atoms with Gasteiger partial charge in [-0.3, -0.25) is 0 Å². The number of rotatable bonds is 4. The lowest BCUT2D eigenvalue weighted by atomic mass is 10.3. The molecule has 0 amide bonds. The van der Waals surface area contributed by atoms with Crippen LogP contribution in [0.3, 0.4) is 0 Å². The summed E-state index contributed by atoms with van der Waals surface area (Å²) >= 11 is 3.36. The highest BCUT2D eigenvalue weighted by molar-refractivity contribution is 9.10. The van der Waals surface area contributed by atoms with Gasteiger partial charge in [0.2, 0.25) is 0 Å². The molecule has 0 aromatic carbocycles. The summed E-state index contributed by atoms with van der Waals surface area (Å²) < 4.78 is 5.92. The average molecular weight is 274 g/mol. The van der Waals surface area contributed by atoms with Gasteiger partial charge in [-0.15, -0.1) is 0 Å². The largest absolute Gasteiger partial charge is 0.383 e. The summed E-state index contributed by atoms with van der Waals surface area (Å²) in [5, 5.41) is 0. The van der Waals surface area contributed by atoms with Gasteiger partial charge in [0.25, 0.3) is 0 Å². The van der Waals surface area contributed by atoms with E-state index < -0.39 is 0 Å². The zero-order valence-corrected chi connectivity index (χ0v) is 11.1. The van der Waals surface area contributed by atoms with E-state index in [0.29, 0.717) is 6.61 Å². The fraction of sp³-hybridized carbons (Fsp3) is 0.600. The molecule has 1 unspecified atom stereocenters. The Balaban J connectivity index is 2.85. The number of methoxy groups -OCH3 is 1. The second kappa shape index (κ2) is 5.42. The first kappa shape index (κ1) is 12.4. The molecule has 0 aliphatic heterocycles. The Morgan fingerprint density at radius 3 is 2.73 bits per heavy atom. The number of aryl methyl sites for hydroxylation is 1. The molecule has 15 heavy (non-hydrogen) atoms. The van der Waals surface area contributed by atoms with Crippen molar-refractivity contribution >= 4 is 21.7 Å². The van der Waals surface area contributed by atoms with Gasteiger partial charge < -0.3 is 9.64 Å². The average Bonchev–Trinajstić information content (AvgIpc) is 2.15. The van der Waals surface area contributed by atoms with Crippen LogP contribution in [0, 0.1) is 6.92 Å². The van der Waals surface area contributed by atoms with Crippen molar-refractivity contribution < 1.29 is 4.74 Å². The number of hydrogen-bond donors (Lipinski definition) is 0. The normalized spacial score (nSPS) is 12.6. The predicted molar refractivity (Wildman–Crippen MR) is 64.2 cm³/mol. The van der Waals surface area contributed by atoms with Crippen molar-refractivity contribution in [1.82, 2.24) is 9.97 Å². The van der Waals surface area contributed by atoms with Gasteiger partial charge in [-0.1, -0.05) is 0 Å². The molecule has 0 aliphatic rings. The lowest BCUT2D eigenvalue weighted by Crippen LogP contribution is -2.33. The SMILES string of the molecule is COCC(C)N(C)c1cc(Br)nc(C)n1. The third kappa shape index (κ3) is 3.43. The Bertz CT molecular complexity index is 312. The quantitative estimate of drug-likeness (QED) is 0.787. The van der Waals surface area contributed by atoms with Crippen LogP contribution < -0.4 is 4.90 Å². The molecule has 0 saturated carbocycles. The van der Waals surface area contributed by atoms with Crippen molar-refractivity contribution in [3.63, 3.8) is 0 Å². The minimum absolute atomic E-state index is 0.288. The van der Waals surface area contributed by atoms with E-state index in [2.05, 4.69) is 37.7 Å². The van der Waals surface area contributed by atoms with Gasteiger partial charge in [0, 0.05) is 20.2 Å². The smallest absolute Gasteiger partial charge is 0.133 e. The Hall–Kier alpha value is -0.680. The standard InChI is InChI=1S/C10H16BrN3O/c1-7(6-15-4)14(3)10-5-9(11)12-8(2)13-10/h5,7H,6H2,1-4H3. The topological polar surface area (TPSA) is 38.2 Å². The Morgan fingerprint density at radius 2 is 2.20 bits per heavy atom. The molecule has 84 valence electrons. The van der Waals surface area contributed by atoms with Crippen molar-refractivity contribution in [1.29, 1.82) is 0 Å². The second-order valence-corrected chi connectivity index (χ2v) is 4.32. The summed E-state index contributed by atoms with van der Waals surface area (Å²) in [5.74, 6) is 1.66. The summed E-state index contributed by atoms with van der Waals surface area (Å²) in [6, 6.07) is 2.19.